The molecule has 2 aromatic rings. The molecule has 7 nitrogen and oxygen atoms in total. The Morgan fingerprint density at radius 1 is 1.27 bits per heavy atom. The molecular formula is C22H32ClN5O2. The number of hydrogen-bond donors (Lipinski definition) is 0. The van der Waals surface area contributed by atoms with Crippen LogP contribution in [-0.4, -0.2) is 63.4 Å². The van der Waals surface area contributed by atoms with E-state index in [-0.39, 0.29) is 11.3 Å². The second-order valence-electron chi connectivity index (χ2n) is 10.3. The van der Waals surface area contributed by atoms with E-state index in [1.807, 2.05) is 11.8 Å². The predicted molar refractivity (Wildman–Crippen MR) is 117 cm³/mol. The van der Waals surface area contributed by atoms with E-state index in [0.717, 1.165) is 45.6 Å². The summed E-state index contributed by atoms with van der Waals surface area (Å²) in [5, 5.41) is 8.79. The molecule has 2 aliphatic rings. The van der Waals surface area contributed by atoms with Crippen molar-refractivity contribution in [3.8, 4) is 11.4 Å². The molecule has 0 bridgehead atoms. The lowest BCUT2D eigenvalue weighted by molar-refractivity contribution is -0.0333. The second kappa shape index (κ2) is 7.68. The van der Waals surface area contributed by atoms with Crippen molar-refractivity contribution in [2.45, 2.75) is 47.0 Å². The first-order valence-electron chi connectivity index (χ1n) is 10.7. The summed E-state index contributed by atoms with van der Waals surface area (Å²) in [5.41, 5.74) is 2.08. The van der Waals surface area contributed by atoms with E-state index in [1.165, 1.54) is 11.1 Å². The third-order valence-electron chi connectivity index (χ3n) is 6.50. The fourth-order valence-corrected chi connectivity index (χ4v) is 4.68. The van der Waals surface area contributed by atoms with Crippen molar-refractivity contribution < 1.29 is 9.32 Å². The molecule has 2 saturated heterocycles. The Kier molecular flexibility index (Phi) is 5.47. The van der Waals surface area contributed by atoms with Gasteiger partial charge in [-0.3, -0.25) is 9.48 Å². The summed E-state index contributed by atoms with van der Waals surface area (Å²) in [6.45, 7) is 13.7. The van der Waals surface area contributed by atoms with E-state index in [0.29, 0.717) is 33.3 Å². The average molecular weight is 434 g/mol. The van der Waals surface area contributed by atoms with Crippen molar-refractivity contribution in [3.05, 3.63) is 22.5 Å². The highest BCUT2D eigenvalue weighted by atomic mass is 35.5. The van der Waals surface area contributed by atoms with Crippen molar-refractivity contribution in [2.75, 3.05) is 32.7 Å². The third-order valence-corrected chi connectivity index (χ3v) is 6.93. The molecule has 4 rings (SSSR count). The lowest BCUT2D eigenvalue weighted by atomic mass is 9.71. The standard InChI is InChI=1S/C22H32ClN5O2/c1-15-12-16(25-30-15)18-17(19(23)26(5)24-18)20(29)28-13-22(14-28)7-10-27(11-8-22)9-6-21(2,3)4/h12H,6-11,13-14H2,1-5H3. The van der Waals surface area contributed by atoms with Crippen molar-refractivity contribution in [2.24, 2.45) is 17.9 Å². The molecule has 164 valence electrons. The van der Waals surface area contributed by atoms with Gasteiger partial charge in [0.2, 0.25) is 0 Å². The zero-order valence-electron chi connectivity index (χ0n) is 18.7. The first-order valence-corrected chi connectivity index (χ1v) is 11.1. The van der Waals surface area contributed by atoms with Crippen LogP contribution in [0.15, 0.2) is 10.6 Å². The molecule has 30 heavy (non-hydrogen) atoms. The number of nitrogens with zero attached hydrogens (tertiary/aromatic N) is 5. The second-order valence-corrected chi connectivity index (χ2v) is 10.6. The van der Waals surface area contributed by atoms with Crippen LogP contribution in [0, 0.1) is 17.8 Å². The van der Waals surface area contributed by atoms with Crippen molar-refractivity contribution in [1.29, 1.82) is 0 Å². The van der Waals surface area contributed by atoms with Gasteiger partial charge in [0.05, 0.1) is 0 Å². The maximum Gasteiger partial charge on any atom is 0.259 e. The molecule has 0 atom stereocenters. The Balaban J connectivity index is 1.40. The average Bonchev–Trinajstić information content (AvgIpc) is 3.21. The minimum absolute atomic E-state index is 0.0652. The number of aryl methyl sites for hydroxylation is 2. The quantitative estimate of drug-likeness (QED) is 0.728. The summed E-state index contributed by atoms with van der Waals surface area (Å²) in [6, 6.07) is 1.78. The van der Waals surface area contributed by atoms with Gasteiger partial charge in [-0.1, -0.05) is 37.5 Å². The van der Waals surface area contributed by atoms with E-state index >= 15 is 0 Å². The Hall–Kier alpha value is -1.86. The van der Waals surface area contributed by atoms with E-state index in [1.54, 1.807) is 13.1 Å². The predicted octanol–water partition coefficient (Wildman–Crippen LogP) is 4.01. The van der Waals surface area contributed by atoms with Crippen LogP contribution in [0.2, 0.25) is 5.15 Å². The van der Waals surface area contributed by atoms with Crippen LogP contribution < -0.4 is 0 Å². The van der Waals surface area contributed by atoms with Crippen LogP contribution in [0.4, 0.5) is 0 Å². The normalized spacial score (nSPS) is 19.3. The lowest BCUT2D eigenvalue weighted by Gasteiger charge is -2.54. The number of likely N-dealkylation sites (tertiary alicyclic amines) is 2. The largest absolute Gasteiger partial charge is 0.361 e. The third kappa shape index (κ3) is 4.14. The number of piperidine rings is 1. The summed E-state index contributed by atoms with van der Waals surface area (Å²) in [4.78, 5) is 17.8. The molecule has 0 aromatic carbocycles. The highest BCUT2D eigenvalue weighted by Gasteiger charge is 2.47. The molecule has 0 radical (unpaired) electrons. The van der Waals surface area contributed by atoms with Crippen LogP contribution in [0.5, 0.6) is 0 Å². The van der Waals surface area contributed by atoms with Crippen molar-refractivity contribution >= 4 is 17.5 Å². The van der Waals surface area contributed by atoms with Gasteiger partial charge in [0, 0.05) is 31.6 Å². The monoisotopic (exact) mass is 433 g/mol. The first-order chi connectivity index (χ1) is 14.1. The number of halogens is 1. The molecule has 1 spiro atoms. The van der Waals surface area contributed by atoms with E-state index in [4.69, 9.17) is 16.1 Å². The highest BCUT2D eigenvalue weighted by molar-refractivity contribution is 6.33. The number of rotatable bonds is 4. The van der Waals surface area contributed by atoms with Gasteiger partial charge < -0.3 is 14.3 Å². The summed E-state index contributed by atoms with van der Waals surface area (Å²) >= 11 is 6.45. The van der Waals surface area contributed by atoms with Crippen molar-refractivity contribution in [1.82, 2.24) is 24.7 Å². The lowest BCUT2D eigenvalue weighted by Crippen LogP contribution is -2.62. The zero-order chi connectivity index (χ0) is 21.7. The summed E-state index contributed by atoms with van der Waals surface area (Å²) in [5.74, 6) is 0.607. The number of carbonyl (C=O) groups is 1. The molecule has 0 aliphatic carbocycles. The zero-order valence-corrected chi connectivity index (χ0v) is 19.4. The molecule has 0 unspecified atom stereocenters. The summed E-state index contributed by atoms with van der Waals surface area (Å²) in [7, 11) is 1.74. The Morgan fingerprint density at radius 2 is 1.93 bits per heavy atom. The molecule has 2 aliphatic heterocycles. The van der Waals surface area contributed by atoms with Crippen LogP contribution in [-0.2, 0) is 7.05 Å². The van der Waals surface area contributed by atoms with Gasteiger partial charge in [-0.2, -0.15) is 5.10 Å². The Labute approximate surface area is 183 Å². The number of aromatic nitrogens is 3. The maximum absolute atomic E-state index is 13.3. The van der Waals surface area contributed by atoms with Crippen LogP contribution >= 0.6 is 11.6 Å². The molecule has 2 aromatic heterocycles. The summed E-state index contributed by atoms with van der Waals surface area (Å²) in [6.07, 6.45) is 3.52. The fourth-order valence-electron chi connectivity index (χ4n) is 4.48. The highest BCUT2D eigenvalue weighted by Crippen LogP contribution is 2.42. The Bertz CT molecular complexity index is 926. The minimum atomic E-state index is -0.0652. The SMILES string of the molecule is Cc1cc(-c2nn(C)c(Cl)c2C(=O)N2CC3(CCN(CCC(C)(C)C)CC3)C2)no1. The van der Waals surface area contributed by atoms with Gasteiger partial charge in [0.15, 0.2) is 0 Å². The van der Waals surface area contributed by atoms with E-state index in [2.05, 4.69) is 35.9 Å². The molecular weight excluding hydrogens is 402 g/mol. The van der Waals surface area contributed by atoms with Gasteiger partial charge in [0.1, 0.15) is 27.9 Å². The molecule has 1 amide bonds. The first kappa shape index (κ1) is 21.4. The van der Waals surface area contributed by atoms with Gasteiger partial charge in [-0.25, -0.2) is 0 Å². The van der Waals surface area contributed by atoms with Crippen molar-refractivity contribution in [3.63, 3.8) is 0 Å². The van der Waals surface area contributed by atoms with Crippen LogP contribution in [0.3, 0.4) is 0 Å². The minimum Gasteiger partial charge on any atom is -0.361 e. The topological polar surface area (TPSA) is 67.4 Å². The summed E-state index contributed by atoms with van der Waals surface area (Å²) < 4.78 is 6.70. The smallest absolute Gasteiger partial charge is 0.259 e. The van der Waals surface area contributed by atoms with Crippen LogP contribution in [0.1, 0.15) is 56.2 Å². The molecule has 4 heterocycles. The van der Waals surface area contributed by atoms with E-state index in [9.17, 15) is 4.79 Å². The number of hydrogen-bond acceptors (Lipinski definition) is 5. The van der Waals surface area contributed by atoms with E-state index < -0.39 is 0 Å². The maximum atomic E-state index is 13.3. The van der Waals surface area contributed by atoms with Gasteiger partial charge in [0.25, 0.3) is 5.91 Å². The molecule has 2 fully saturated rings. The number of carbonyl (C=O) groups excluding carboxylic acids is 1. The van der Waals surface area contributed by atoms with Gasteiger partial charge in [-0.15, -0.1) is 0 Å². The fraction of sp³-hybridized carbons (Fsp3) is 0.682. The molecule has 8 heteroatoms. The van der Waals surface area contributed by atoms with Gasteiger partial charge >= 0.3 is 0 Å². The molecule has 0 N–H and O–H groups in total. The molecule has 0 saturated carbocycles. The Morgan fingerprint density at radius 3 is 2.50 bits per heavy atom. The van der Waals surface area contributed by atoms with Crippen LogP contribution in [0.25, 0.3) is 11.4 Å². The number of amides is 1. The van der Waals surface area contributed by atoms with Gasteiger partial charge in [-0.05, 0) is 51.2 Å².